The largest absolute Gasteiger partial charge is 0.271 e. The van der Waals surface area contributed by atoms with Crippen LogP contribution in [0.3, 0.4) is 0 Å². The molecule has 4 nitrogen and oxygen atoms in total. The maximum atomic E-state index is 5.61. The van der Waals surface area contributed by atoms with Gasteiger partial charge in [0.15, 0.2) is 0 Å². The van der Waals surface area contributed by atoms with Gasteiger partial charge in [0.1, 0.15) is 0 Å². The van der Waals surface area contributed by atoms with Gasteiger partial charge in [0.05, 0.1) is 17.9 Å². The first kappa shape index (κ1) is 10.5. The van der Waals surface area contributed by atoms with Crippen LogP contribution < -0.4 is 11.3 Å². The molecule has 4 heteroatoms. The predicted molar refractivity (Wildman–Crippen MR) is 66.4 cm³/mol. The number of rotatable bonds is 4. The van der Waals surface area contributed by atoms with E-state index < -0.39 is 0 Å². The van der Waals surface area contributed by atoms with Crippen LogP contribution in [0.4, 0.5) is 0 Å². The van der Waals surface area contributed by atoms with Crippen molar-refractivity contribution in [1.29, 1.82) is 0 Å². The molecule has 1 fully saturated rings. The minimum absolute atomic E-state index is 0.243. The molecular weight excluding hydrogens is 212 g/mol. The van der Waals surface area contributed by atoms with Gasteiger partial charge in [-0.15, -0.1) is 0 Å². The smallest absolute Gasteiger partial charge is 0.0645 e. The molecule has 1 unspecified atom stereocenters. The van der Waals surface area contributed by atoms with Crippen molar-refractivity contribution in [2.24, 2.45) is 11.8 Å². The summed E-state index contributed by atoms with van der Waals surface area (Å²) in [7, 11) is 0. The molecule has 17 heavy (non-hydrogen) atoms. The highest BCUT2D eigenvalue weighted by molar-refractivity contribution is 5.31. The molecule has 0 bridgehead atoms. The average Bonchev–Trinajstić information content (AvgIpc) is 3.09. The van der Waals surface area contributed by atoms with Crippen LogP contribution in [0.1, 0.15) is 24.4 Å². The summed E-state index contributed by atoms with van der Waals surface area (Å²) in [5.74, 6) is 6.28. The molecule has 0 radical (unpaired) electrons. The monoisotopic (exact) mass is 228 g/mol. The zero-order valence-electron chi connectivity index (χ0n) is 9.58. The first-order valence-corrected chi connectivity index (χ1v) is 5.94. The van der Waals surface area contributed by atoms with Gasteiger partial charge in [-0.1, -0.05) is 18.2 Å². The molecule has 0 spiro atoms. The van der Waals surface area contributed by atoms with Crippen molar-refractivity contribution >= 4 is 0 Å². The van der Waals surface area contributed by atoms with Gasteiger partial charge in [0.2, 0.25) is 0 Å². The Kier molecular flexibility index (Phi) is 2.66. The van der Waals surface area contributed by atoms with Crippen molar-refractivity contribution in [1.82, 2.24) is 15.2 Å². The molecule has 1 heterocycles. The van der Waals surface area contributed by atoms with E-state index in [1.807, 2.05) is 41.2 Å². The van der Waals surface area contributed by atoms with E-state index in [1.54, 1.807) is 0 Å². The summed E-state index contributed by atoms with van der Waals surface area (Å²) in [4.78, 5) is 0. The SMILES string of the molecule is NNC(c1cnn(-c2ccccc2)c1)C1CC1. The Morgan fingerprint density at radius 1 is 1.29 bits per heavy atom. The molecule has 1 aliphatic rings. The van der Waals surface area contributed by atoms with E-state index in [-0.39, 0.29) is 6.04 Å². The second-order valence-corrected chi connectivity index (χ2v) is 4.54. The minimum atomic E-state index is 0.243. The molecule has 3 rings (SSSR count). The van der Waals surface area contributed by atoms with Gasteiger partial charge >= 0.3 is 0 Å². The quantitative estimate of drug-likeness (QED) is 0.619. The number of hydrogen-bond acceptors (Lipinski definition) is 3. The van der Waals surface area contributed by atoms with Crippen molar-refractivity contribution in [3.8, 4) is 5.69 Å². The highest BCUT2D eigenvalue weighted by Gasteiger charge is 2.32. The van der Waals surface area contributed by atoms with E-state index in [4.69, 9.17) is 5.84 Å². The average molecular weight is 228 g/mol. The summed E-state index contributed by atoms with van der Waals surface area (Å²) in [6.07, 6.45) is 6.46. The number of aromatic nitrogens is 2. The van der Waals surface area contributed by atoms with Crippen LogP contribution in [0, 0.1) is 5.92 Å². The van der Waals surface area contributed by atoms with Crippen molar-refractivity contribution in [2.75, 3.05) is 0 Å². The van der Waals surface area contributed by atoms with Gasteiger partial charge in [-0.25, -0.2) is 4.68 Å². The summed E-state index contributed by atoms with van der Waals surface area (Å²) in [5.41, 5.74) is 5.13. The third kappa shape index (κ3) is 2.09. The van der Waals surface area contributed by atoms with E-state index in [9.17, 15) is 0 Å². The maximum Gasteiger partial charge on any atom is 0.0645 e. The zero-order valence-corrected chi connectivity index (χ0v) is 9.58. The second kappa shape index (κ2) is 4.31. The van der Waals surface area contributed by atoms with Crippen molar-refractivity contribution < 1.29 is 0 Å². The molecule has 1 atom stereocenters. The molecule has 2 aromatic rings. The lowest BCUT2D eigenvalue weighted by atomic mass is 10.1. The summed E-state index contributed by atoms with van der Waals surface area (Å²) in [5, 5.41) is 4.39. The molecule has 88 valence electrons. The first-order valence-electron chi connectivity index (χ1n) is 5.94. The second-order valence-electron chi connectivity index (χ2n) is 4.54. The molecule has 1 aromatic heterocycles. The molecule has 0 saturated heterocycles. The van der Waals surface area contributed by atoms with Crippen LogP contribution in [0.2, 0.25) is 0 Å². The van der Waals surface area contributed by atoms with Gasteiger partial charge in [-0.2, -0.15) is 5.10 Å². The summed E-state index contributed by atoms with van der Waals surface area (Å²) >= 11 is 0. The molecule has 0 aliphatic heterocycles. The number of nitrogens with two attached hydrogens (primary N) is 1. The van der Waals surface area contributed by atoms with E-state index in [0.717, 1.165) is 5.69 Å². The van der Waals surface area contributed by atoms with Crippen molar-refractivity contribution in [3.05, 3.63) is 48.3 Å². The molecule has 3 N–H and O–H groups in total. The third-order valence-electron chi connectivity index (χ3n) is 3.26. The van der Waals surface area contributed by atoms with Gasteiger partial charge in [-0.3, -0.25) is 11.3 Å². The number of nitrogens with zero attached hydrogens (tertiary/aromatic N) is 2. The van der Waals surface area contributed by atoms with Crippen LogP contribution in [0.5, 0.6) is 0 Å². The van der Waals surface area contributed by atoms with Crippen LogP contribution in [0.15, 0.2) is 42.7 Å². The van der Waals surface area contributed by atoms with Crippen LogP contribution >= 0.6 is 0 Å². The van der Waals surface area contributed by atoms with Crippen LogP contribution in [-0.4, -0.2) is 9.78 Å². The molecule has 1 aliphatic carbocycles. The van der Waals surface area contributed by atoms with E-state index in [1.165, 1.54) is 18.4 Å². The Labute approximate surface area is 100 Å². The van der Waals surface area contributed by atoms with Crippen molar-refractivity contribution in [2.45, 2.75) is 18.9 Å². The highest BCUT2D eigenvalue weighted by atomic mass is 15.3. The van der Waals surface area contributed by atoms with Crippen LogP contribution in [-0.2, 0) is 0 Å². The Morgan fingerprint density at radius 2 is 2.06 bits per heavy atom. The van der Waals surface area contributed by atoms with Crippen molar-refractivity contribution in [3.63, 3.8) is 0 Å². The number of hydrazine groups is 1. The number of hydrogen-bond donors (Lipinski definition) is 2. The van der Waals surface area contributed by atoms with Gasteiger partial charge in [-0.05, 0) is 30.9 Å². The summed E-state index contributed by atoms with van der Waals surface area (Å²) in [6, 6.07) is 10.3. The maximum absolute atomic E-state index is 5.61. The number of benzene rings is 1. The fraction of sp³-hybridized carbons (Fsp3) is 0.308. The Hall–Kier alpha value is -1.65. The minimum Gasteiger partial charge on any atom is -0.271 e. The molecule has 1 aromatic carbocycles. The Balaban J connectivity index is 1.87. The van der Waals surface area contributed by atoms with Crippen LogP contribution in [0.25, 0.3) is 5.69 Å². The van der Waals surface area contributed by atoms with E-state index in [2.05, 4.69) is 16.7 Å². The predicted octanol–water partition coefficient (Wildman–Crippen LogP) is 1.79. The van der Waals surface area contributed by atoms with E-state index in [0.29, 0.717) is 5.92 Å². The normalized spacial score (nSPS) is 17.0. The first-order chi connectivity index (χ1) is 8.38. The topological polar surface area (TPSA) is 55.9 Å². The van der Waals surface area contributed by atoms with Gasteiger partial charge < -0.3 is 0 Å². The van der Waals surface area contributed by atoms with Gasteiger partial charge in [0, 0.05) is 11.8 Å². The number of nitrogens with one attached hydrogen (secondary N) is 1. The fourth-order valence-corrected chi connectivity index (χ4v) is 2.15. The lowest BCUT2D eigenvalue weighted by Crippen LogP contribution is -2.29. The number of para-hydroxylation sites is 1. The van der Waals surface area contributed by atoms with E-state index >= 15 is 0 Å². The summed E-state index contributed by atoms with van der Waals surface area (Å²) in [6.45, 7) is 0. The Bertz CT molecular complexity index is 487. The molecular formula is C13H16N4. The third-order valence-corrected chi connectivity index (χ3v) is 3.26. The Morgan fingerprint density at radius 3 is 2.71 bits per heavy atom. The molecule has 1 saturated carbocycles. The lowest BCUT2D eigenvalue weighted by Gasteiger charge is -2.11. The fourth-order valence-electron chi connectivity index (χ4n) is 2.15. The summed E-state index contributed by atoms with van der Waals surface area (Å²) < 4.78 is 1.89. The van der Waals surface area contributed by atoms with Gasteiger partial charge in [0.25, 0.3) is 0 Å². The lowest BCUT2D eigenvalue weighted by molar-refractivity contribution is 0.496. The molecule has 0 amide bonds. The highest BCUT2D eigenvalue weighted by Crippen LogP contribution is 2.40. The standard InChI is InChI=1S/C13H16N4/c14-16-13(10-6-7-10)11-8-15-17(9-11)12-4-2-1-3-5-12/h1-5,8-10,13,16H,6-7,14H2. The zero-order chi connectivity index (χ0) is 11.7.